The second-order valence-corrected chi connectivity index (χ2v) is 7.09. The van der Waals surface area contributed by atoms with E-state index in [4.69, 9.17) is 11.6 Å². The Morgan fingerprint density at radius 2 is 1.71 bits per heavy atom. The zero-order chi connectivity index (χ0) is 16.9. The van der Waals surface area contributed by atoms with Crippen LogP contribution in [-0.4, -0.2) is 54.5 Å². The van der Waals surface area contributed by atoms with Crippen molar-refractivity contribution in [3.63, 3.8) is 0 Å². The van der Waals surface area contributed by atoms with Gasteiger partial charge in [0.05, 0.1) is 6.42 Å². The summed E-state index contributed by atoms with van der Waals surface area (Å²) < 4.78 is 0. The maximum atomic E-state index is 12.5. The van der Waals surface area contributed by atoms with Gasteiger partial charge in [0.2, 0.25) is 5.91 Å². The smallest absolute Gasteiger partial charge is 0.317 e. The van der Waals surface area contributed by atoms with E-state index in [1.165, 1.54) is 12.8 Å². The Kier molecular flexibility index (Phi) is 5.61. The summed E-state index contributed by atoms with van der Waals surface area (Å²) in [5, 5.41) is 3.68. The lowest BCUT2D eigenvalue weighted by atomic mass is 10.1. The average Bonchev–Trinajstić information content (AvgIpc) is 3.41. The summed E-state index contributed by atoms with van der Waals surface area (Å²) in [6.45, 7) is 3.40. The third-order valence-corrected chi connectivity index (χ3v) is 4.90. The topological polar surface area (TPSA) is 52.7 Å². The third kappa shape index (κ3) is 4.87. The fraction of sp³-hybridized carbons (Fsp3) is 0.556. The highest BCUT2D eigenvalue weighted by molar-refractivity contribution is 6.30. The summed E-state index contributed by atoms with van der Waals surface area (Å²) in [7, 11) is 0. The Labute approximate surface area is 147 Å². The molecule has 1 aromatic carbocycles. The van der Waals surface area contributed by atoms with Crippen molar-refractivity contribution in [1.29, 1.82) is 0 Å². The number of carbonyl (C=O) groups excluding carboxylic acids is 2. The minimum absolute atomic E-state index is 0.00824. The first-order valence-corrected chi connectivity index (χ1v) is 9.04. The first kappa shape index (κ1) is 17.1. The van der Waals surface area contributed by atoms with Crippen molar-refractivity contribution in [2.24, 2.45) is 5.92 Å². The van der Waals surface area contributed by atoms with Gasteiger partial charge in [0.25, 0.3) is 0 Å². The molecule has 1 N–H and O–H groups in total. The number of hydrogen-bond donors (Lipinski definition) is 1. The number of urea groups is 1. The molecule has 0 aromatic heterocycles. The van der Waals surface area contributed by atoms with Gasteiger partial charge >= 0.3 is 6.03 Å². The van der Waals surface area contributed by atoms with E-state index in [1.54, 1.807) is 12.1 Å². The number of benzene rings is 1. The molecule has 1 aliphatic carbocycles. The van der Waals surface area contributed by atoms with Crippen molar-refractivity contribution in [3.05, 3.63) is 34.9 Å². The predicted molar refractivity (Wildman–Crippen MR) is 94.0 cm³/mol. The van der Waals surface area contributed by atoms with Crippen LogP contribution in [0.25, 0.3) is 0 Å². The van der Waals surface area contributed by atoms with Gasteiger partial charge in [-0.1, -0.05) is 23.7 Å². The van der Waals surface area contributed by atoms with Crippen LogP contribution in [0.1, 0.15) is 24.8 Å². The predicted octanol–water partition coefficient (Wildman–Crippen LogP) is 2.54. The molecule has 3 amide bonds. The Morgan fingerprint density at radius 3 is 2.42 bits per heavy atom. The van der Waals surface area contributed by atoms with Gasteiger partial charge < -0.3 is 15.1 Å². The lowest BCUT2D eigenvalue weighted by Gasteiger charge is -2.22. The molecule has 2 aliphatic rings. The number of hydrogen-bond acceptors (Lipinski definition) is 2. The van der Waals surface area contributed by atoms with E-state index in [0.29, 0.717) is 43.5 Å². The van der Waals surface area contributed by atoms with Crippen LogP contribution >= 0.6 is 11.6 Å². The standard InChI is InChI=1S/C18H24ClN3O2/c19-16-6-4-14(5-7-16)12-17(23)21-8-1-9-22(11-10-21)18(24)20-13-15-2-3-15/h4-7,15H,1-3,8-13H2,(H,20,24). The van der Waals surface area contributed by atoms with Crippen molar-refractivity contribution in [1.82, 2.24) is 15.1 Å². The molecular weight excluding hydrogens is 326 g/mol. The molecule has 5 nitrogen and oxygen atoms in total. The van der Waals surface area contributed by atoms with E-state index in [2.05, 4.69) is 5.32 Å². The molecule has 1 saturated heterocycles. The molecule has 24 heavy (non-hydrogen) atoms. The van der Waals surface area contributed by atoms with E-state index in [0.717, 1.165) is 18.5 Å². The maximum absolute atomic E-state index is 12.5. The molecule has 1 saturated carbocycles. The van der Waals surface area contributed by atoms with Crippen LogP contribution in [0, 0.1) is 5.92 Å². The zero-order valence-corrected chi connectivity index (χ0v) is 14.6. The van der Waals surface area contributed by atoms with Gasteiger partial charge in [0.15, 0.2) is 0 Å². The van der Waals surface area contributed by atoms with E-state index < -0.39 is 0 Å². The SMILES string of the molecule is O=C(Cc1ccc(Cl)cc1)N1CCCN(C(=O)NCC2CC2)CC1. The Balaban J connectivity index is 1.47. The molecular formula is C18H24ClN3O2. The molecule has 1 aliphatic heterocycles. The first-order chi connectivity index (χ1) is 11.6. The van der Waals surface area contributed by atoms with Crippen molar-refractivity contribution >= 4 is 23.5 Å². The normalized spacial score (nSPS) is 18.2. The van der Waals surface area contributed by atoms with Crippen LogP contribution in [0.3, 0.4) is 0 Å². The van der Waals surface area contributed by atoms with E-state index in [1.807, 2.05) is 21.9 Å². The molecule has 0 radical (unpaired) electrons. The highest BCUT2D eigenvalue weighted by atomic mass is 35.5. The highest BCUT2D eigenvalue weighted by Gasteiger charge is 2.25. The summed E-state index contributed by atoms with van der Waals surface area (Å²) in [6.07, 6.45) is 3.66. The van der Waals surface area contributed by atoms with E-state index in [9.17, 15) is 9.59 Å². The summed E-state index contributed by atoms with van der Waals surface area (Å²) in [6, 6.07) is 7.39. The zero-order valence-electron chi connectivity index (χ0n) is 13.8. The second kappa shape index (κ2) is 7.88. The monoisotopic (exact) mass is 349 g/mol. The Morgan fingerprint density at radius 1 is 1.04 bits per heavy atom. The van der Waals surface area contributed by atoms with Gasteiger partial charge in [0, 0.05) is 37.7 Å². The molecule has 2 fully saturated rings. The Hall–Kier alpha value is -1.75. The summed E-state index contributed by atoms with van der Waals surface area (Å²) in [5.41, 5.74) is 0.965. The summed E-state index contributed by atoms with van der Waals surface area (Å²) >= 11 is 5.87. The van der Waals surface area contributed by atoms with E-state index in [-0.39, 0.29) is 11.9 Å². The quantitative estimate of drug-likeness (QED) is 0.908. The number of amides is 3. The fourth-order valence-corrected chi connectivity index (χ4v) is 3.05. The van der Waals surface area contributed by atoms with Crippen LogP contribution < -0.4 is 5.32 Å². The number of halogens is 1. The minimum Gasteiger partial charge on any atom is -0.341 e. The lowest BCUT2D eigenvalue weighted by Crippen LogP contribution is -2.43. The van der Waals surface area contributed by atoms with Crippen molar-refractivity contribution in [2.45, 2.75) is 25.7 Å². The minimum atomic E-state index is 0.00824. The summed E-state index contributed by atoms with van der Waals surface area (Å²) in [4.78, 5) is 28.4. The van der Waals surface area contributed by atoms with Crippen molar-refractivity contribution < 1.29 is 9.59 Å². The Bertz CT molecular complexity index is 586. The van der Waals surface area contributed by atoms with E-state index >= 15 is 0 Å². The molecule has 3 rings (SSSR count). The van der Waals surface area contributed by atoms with Gasteiger partial charge in [0.1, 0.15) is 0 Å². The van der Waals surface area contributed by atoms with Crippen LogP contribution in [0.5, 0.6) is 0 Å². The highest BCUT2D eigenvalue weighted by Crippen LogP contribution is 2.27. The molecule has 0 unspecified atom stereocenters. The number of nitrogens with zero attached hydrogens (tertiary/aromatic N) is 2. The van der Waals surface area contributed by atoms with Gasteiger partial charge in [-0.2, -0.15) is 0 Å². The van der Waals surface area contributed by atoms with Gasteiger partial charge in [-0.05, 0) is 42.9 Å². The number of carbonyl (C=O) groups is 2. The fourth-order valence-electron chi connectivity index (χ4n) is 2.92. The van der Waals surface area contributed by atoms with Crippen LogP contribution in [-0.2, 0) is 11.2 Å². The van der Waals surface area contributed by atoms with Crippen LogP contribution in [0.4, 0.5) is 4.79 Å². The maximum Gasteiger partial charge on any atom is 0.317 e. The molecule has 1 heterocycles. The van der Waals surface area contributed by atoms with Crippen molar-refractivity contribution in [2.75, 3.05) is 32.7 Å². The third-order valence-electron chi connectivity index (χ3n) is 4.64. The van der Waals surface area contributed by atoms with Crippen LogP contribution in [0.2, 0.25) is 5.02 Å². The number of rotatable bonds is 4. The largest absolute Gasteiger partial charge is 0.341 e. The van der Waals surface area contributed by atoms with Gasteiger partial charge in [-0.3, -0.25) is 4.79 Å². The average molecular weight is 350 g/mol. The van der Waals surface area contributed by atoms with Crippen molar-refractivity contribution in [3.8, 4) is 0 Å². The van der Waals surface area contributed by atoms with Crippen LogP contribution in [0.15, 0.2) is 24.3 Å². The molecule has 0 bridgehead atoms. The lowest BCUT2D eigenvalue weighted by molar-refractivity contribution is -0.130. The summed E-state index contributed by atoms with van der Waals surface area (Å²) in [5.74, 6) is 0.788. The molecule has 1 aromatic rings. The molecule has 0 spiro atoms. The second-order valence-electron chi connectivity index (χ2n) is 6.65. The molecule has 0 atom stereocenters. The van der Waals surface area contributed by atoms with Gasteiger partial charge in [-0.25, -0.2) is 4.79 Å². The molecule has 130 valence electrons. The van der Waals surface area contributed by atoms with Gasteiger partial charge in [-0.15, -0.1) is 0 Å². The molecule has 6 heteroatoms. The number of nitrogens with one attached hydrogen (secondary N) is 1. The first-order valence-electron chi connectivity index (χ1n) is 8.67.